The van der Waals surface area contributed by atoms with Crippen LogP contribution in [0.4, 0.5) is 0 Å². The third-order valence-corrected chi connectivity index (χ3v) is 5.94. The van der Waals surface area contributed by atoms with Gasteiger partial charge < -0.3 is 10.2 Å². The van der Waals surface area contributed by atoms with Crippen LogP contribution in [0.15, 0.2) is 60.7 Å². The number of hydrogen-bond donors (Lipinski definition) is 2. The van der Waals surface area contributed by atoms with Gasteiger partial charge in [-0.3, -0.25) is 0 Å². The van der Waals surface area contributed by atoms with Crippen LogP contribution in [0.2, 0.25) is 0 Å². The Hall–Kier alpha value is -3.00. The third kappa shape index (κ3) is 3.21. The first-order valence-corrected chi connectivity index (χ1v) is 10.5. The lowest BCUT2D eigenvalue weighted by Gasteiger charge is -2.24. The summed E-state index contributed by atoms with van der Waals surface area (Å²) in [4.78, 5) is 0. The number of benzene rings is 4. The highest BCUT2D eigenvalue weighted by atomic mass is 16.3. The highest BCUT2D eigenvalue weighted by molar-refractivity contribution is 6.11. The molecule has 0 fully saturated rings. The predicted molar refractivity (Wildman–Crippen MR) is 128 cm³/mol. The first-order chi connectivity index (χ1) is 14.0. The maximum atomic E-state index is 11.0. The van der Waals surface area contributed by atoms with Crippen LogP contribution in [0, 0.1) is 0 Å². The zero-order valence-electron chi connectivity index (χ0n) is 18.7. The van der Waals surface area contributed by atoms with Crippen LogP contribution in [0.5, 0.6) is 11.5 Å². The van der Waals surface area contributed by atoms with Gasteiger partial charge in [0.05, 0.1) is 0 Å². The van der Waals surface area contributed by atoms with Gasteiger partial charge in [-0.2, -0.15) is 0 Å². The molecule has 0 aliphatic carbocycles. The number of phenolic OH excluding ortho intramolecular Hbond substituents is 2. The van der Waals surface area contributed by atoms with Crippen molar-refractivity contribution in [1.82, 2.24) is 0 Å². The second kappa shape index (κ2) is 6.77. The van der Waals surface area contributed by atoms with E-state index in [0.29, 0.717) is 11.1 Å². The summed E-state index contributed by atoms with van der Waals surface area (Å²) in [5.74, 6) is 0.357. The molecule has 0 amide bonds. The number of hydrogen-bond acceptors (Lipinski definition) is 2. The zero-order chi connectivity index (χ0) is 21.8. The SMILES string of the molecule is CC(C)(C)c1cccc2c(-c3c(O)ccc4c(C(C)(C)C)cccc34)c(O)ccc12. The second-order valence-electron chi connectivity index (χ2n) is 10.2. The largest absolute Gasteiger partial charge is 0.507 e. The van der Waals surface area contributed by atoms with Crippen molar-refractivity contribution in [3.63, 3.8) is 0 Å². The van der Waals surface area contributed by atoms with Crippen molar-refractivity contribution in [1.29, 1.82) is 0 Å². The van der Waals surface area contributed by atoms with Gasteiger partial charge in [-0.15, -0.1) is 0 Å². The van der Waals surface area contributed by atoms with Crippen molar-refractivity contribution in [3.05, 3.63) is 71.8 Å². The van der Waals surface area contributed by atoms with Crippen molar-refractivity contribution >= 4 is 21.5 Å². The topological polar surface area (TPSA) is 40.5 Å². The van der Waals surface area contributed by atoms with E-state index in [2.05, 4.69) is 53.7 Å². The molecule has 0 heterocycles. The minimum absolute atomic E-state index is 0.0338. The molecule has 0 radical (unpaired) electrons. The average molecular weight is 399 g/mol. The standard InChI is InChI=1S/C28H30O2/c1-27(2,3)21-11-7-9-19-17(21)13-15-23(29)25(19)26-20-10-8-12-22(28(4,5)6)18(20)14-16-24(26)30/h7-16,29-30H,1-6H3. The molecule has 0 aliphatic rings. The van der Waals surface area contributed by atoms with Gasteiger partial charge in [0.2, 0.25) is 0 Å². The van der Waals surface area contributed by atoms with Crippen molar-refractivity contribution in [3.8, 4) is 22.6 Å². The van der Waals surface area contributed by atoms with Crippen LogP contribution in [0.1, 0.15) is 52.7 Å². The van der Waals surface area contributed by atoms with Crippen LogP contribution in [0.3, 0.4) is 0 Å². The van der Waals surface area contributed by atoms with Gasteiger partial charge in [0.25, 0.3) is 0 Å². The van der Waals surface area contributed by atoms with E-state index in [-0.39, 0.29) is 22.3 Å². The molecule has 0 saturated heterocycles. The molecule has 0 bridgehead atoms. The first-order valence-electron chi connectivity index (χ1n) is 10.5. The summed E-state index contributed by atoms with van der Waals surface area (Å²) in [6.45, 7) is 13.2. The summed E-state index contributed by atoms with van der Waals surface area (Å²) in [7, 11) is 0. The summed E-state index contributed by atoms with van der Waals surface area (Å²) in [6, 6.07) is 19.9. The molecule has 0 aliphatic heterocycles. The summed E-state index contributed by atoms with van der Waals surface area (Å²) in [5, 5.41) is 26.0. The Balaban J connectivity index is 2.16. The molecule has 2 heteroatoms. The number of fused-ring (bicyclic) bond motifs is 2. The maximum Gasteiger partial charge on any atom is 0.124 e. The fraction of sp³-hybridized carbons (Fsp3) is 0.286. The van der Waals surface area contributed by atoms with E-state index in [4.69, 9.17) is 0 Å². The minimum Gasteiger partial charge on any atom is -0.507 e. The normalized spacial score (nSPS) is 12.6. The van der Waals surface area contributed by atoms with E-state index in [0.717, 1.165) is 21.5 Å². The molecule has 30 heavy (non-hydrogen) atoms. The zero-order valence-corrected chi connectivity index (χ0v) is 18.7. The molecule has 2 nitrogen and oxygen atoms in total. The molecular formula is C28H30O2. The van der Waals surface area contributed by atoms with Crippen molar-refractivity contribution in [2.75, 3.05) is 0 Å². The van der Waals surface area contributed by atoms with Gasteiger partial charge in [0.15, 0.2) is 0 Å². The Kier molecular flexibility index (Phi) is 4.58. The molecule has 0 atom stereocenters. The van der Waals surface area contributed by atoms with E-state index >= 15 is 0 Å². The highest BCUT2D eigenvalue weighted by Gasteiger charge is 2.23. The lowest BCUT2D eigenvalue weighted by Crippen LogP contribution is -2.12. The molecule has 4 rings (SSSR count). The van der Waals surface area contributed by atoms with E-state index in [1.165, 1.54) is 11.1 Å². The lowest BCUT2D eigenvalue weighted by atomic mass is 9.80. The summed E-state index contributed by atoms with van der Waals surface area (Å²) < 4.78 is 0. The van der Waals surface area contributed by atoms with Crippen molar-refractivity contribution < 1.29 is 10.2 Å². The predicted octanol–water partition coefficient (Wildman–Crippen LogP) is 7.67. The molecule has 0 spiro atoms. The third-order valence-electron chi connectivity index (χ3n) is 5.94. The average Bonchev–Trinajstić information content (AvgIpc) is 2.66. The molecule has 0 aromatic heterocycles. The van der Waals surface area contributed by atoms with E-state index in [1.54, 1.807) is 12.1 Å². The van der Waals surface area contributed by atoms with Crippen LogP contribution in [-0.4, -0.2) is 10.2 Å². The molecule has 0 saturated carbocycles. The Morgan fingerprint density at radius 2 is 0.833 bits per heavy atom. The van der Waals surface area contributed by atoms with E-state index < -0.39 is 0 Å². The Morgan fingerprint density at radius 3 is 1.17 bits per heavy atom. The van der Waals surface area contributed by atoms with Crippen LogP contribution >= 0.6 is 0 Å². The van der Waals surface area contributed by atoms with Crippen LogP contribution < -0.4 is 0 Å². The maximum absolute atomic E-state index is 11.0. The Morgan fingerprint density at radius 1 is 0.467 bits per heavy atom. The van der Waals surface area contributed by atoms with Crippen molar-refractivity contribution in [2.24, 2.45) is 0 Å². The van der Waals surface area contributed by atoms with E-state index in [9.17, 15) is 10.2 Å². The smallest absolute Gasteiger partial charge is 0.124 e. The fourth-order valence-corrected chi connectivity index (χ4v) is 4.53. The molecule has 4 aromatic carbocycles. The van der Waals surface area contributed by atoms with Gasteiger partial charge >= 0.3 is 0 Å². The van der Waals surface area contributed by atoms with Gasteiger partial charge in [0, 0.05) is 11.1 Å². The number of aromatic hydroxyl groups is 2. The van der Waals surface area contributed by atoms with Gasteiger partial charge in [0.1, 0.15) is 11.5 Å². The van der Waals surface area contributed by atoms with Crippen LogP contribution in [0.25, 0.3) is 32.7 Å². The molecule has 0 unspecified atom stereocenters. The van der Waals surface area contributed by atoms with Gasteiger partial charge in [-0.05, 0) is 55.6 Å². The highest BCUT2D eigenvalue weighted by Crippen LogP contribution is 2.47. The quantitative estimate of drug-likeness (QED) is 0.345. The molecule has 2 N–H and O–H groups in total. The second-order valence-corrected chi connectivity index (χ2v) is 10.2. The van der Waals surface area contributed by atoms with Crippen LogP contribution in [-0.2, 0) is 10.8 Å². The fourth-order valence-electron chi connectivity index (χ4n) is 4.53. The van der Waals surface area contributed by atoms with E-state index in [1.807, 2.05) is 36.4 Å². The Labute approximate surface area is 178 Å². The van der Waals surface area contributed by atoms with Gasteiger partial charge in [-0.25, -0.2) is 0 Å². The first kappa shape index (κ1) is 20.3. The van der Waals surface area contributed by atoms with Gasteiger partial charge in [-0.1, -0.05) is 90.1 Å². The molecule has 154 valence electrons. The number of phenols is 2. The van der Waals surface area contributed by atoms with Crippen molar-refractivity contribution in [2.45, 2.75) is 52.4 Å². The molecular weight excluding hydrogens is 368 g/mol. The Bertz CT molecular complexity index is 1170. The summed E-state index contributed by atoms with van der Waals surface area (Å²) >= 11 is 0. The monoisotopic (exact) mass is 398 g/mol. The summed E-state index contributed by atoms with van der Waals surface area (Å²) in [5.41, 5.74) is 3.75. The number of rotatable bonds is 1. The molecule has 4 aromatic rings. The minimum atomic E-state index is -0.0338. The summed E-state index contributed by atoms with van der Waals surface area (Å²) in [6.07, 6.45) is 0. The lowest BCUT2D eigenvalue weighted by molar-refractivity contribution is 0.470.